The Kier molecular flexibility index (Phi) is 6.34. The highest BCUT2D eigenvalue weighted by molar-refractivity contribution is 7.89. The number of nitro benzene ring substituents is 1. The molecule has 2 N–H and O–H groups in total. The molecule has 1 aromatic carbocycles. The third-order valence-corrected chi connectivity index (χ3v) is 5.82. The first-order valence-corrected chi connectivity index (χ1v) is 8.29. The predicted molar refractivity (Wildman–Crippen MR) is 87.4 cm³/mol. The number of nitro groups is 1. The number of methoxy groups -OCH3 is 1. The summed E-state index contributed by atoms with van der Waals surface area (Å²) in [5.74, 6) is 0.299. The van der Waals surface area contributed by atoms with Crippen molar-refractivity contribution < 1.29 is 18.1 Å². The van der Waals surface area contributed by atoms with Gasteiger partial charge < -0.3 is 10.5 Å². The Balaban J connectivity index is 0.00000264. The fraction of sp³-hybridized carbons (Fsp3) is 0.538. The van der Waals surface area contributed by atoms with Gasteiger partial charge in [-0.05, 0) is 31.4 Å². The monoisotopic (exact) mass is 365 g/mol. The molecule has 0 amide bonds. The molecule has 2 atom stereocenters. The second-order valence-electron chi connectivity index (χ2n) is 5.36. The maximum atomic E-state index is 12.7. The quantitative estimate of drug-likeness (QED) is 0.622. The Morgan fingerprint density at radius 3 is 2.61 bits per heavy atom. The minimum Gasteiger partial charge on any atom is -0.497 e. The van der Waals surface area contributed by atoms with Crippen LogP contribution in [0.4, 0.5) is 5.69 Å². The van der Waals surface area contributed by atoms with E-state index in [1.807, 2.05) is 6.92 Å². The minimum absolute atomic E-state index is 0. The summed E-state index contributed by atoms with van der Waals surface area (Å²) >= 11 is 0. The number of ether oxygens (including phenoxy) is 1. The zero-order valence-corrected chi connectivity index (χ0v) is 14.5. The van der Waals surface area contributed by atoms with Gasteiger partial charge in [-0.15, -0.1) is 12.4 Å². The van der Waals surface area contributed by atoms with Crippen molar-refractivity contribution in [2.45, 2.75) is 24.3 Å². The number of hydrogen-bond acceptors (Lipinski definition) is 6. The first-order valence-electron chi connectivity index (χ1n) is 6.85. The molecule has 0 aromatic heterocycles. The maximum absolute atomic E-state index is 12.7. The van der Waals surface area contributed by atoms with E-state index in [9.17, 15) is 18.5 Å². The fourth-order valence-corrected chi connectivity index (χ4v) is 4.17. The van der Waals surface area contributed by atoms with Crippen molar-refractivity contribution in [3.63, 3.8) is 0 Å². The molecule has 2 unspecified atom stereocenters. The van der Waals surface area contributed by atoms with E-state index in [1.54, 1.807) is 0 Å². The molecule has 0 spiro atoms. The molecular formula is C13H20ClN3O5S. The summed E-state index contributed by atoms with van der Waals surface area (Å²) in [6.45, 7) is 2.43. The topological polar surface area (TPSA) is 116 Å². The zero-order valence-electron chi connectivity index (χ0n) is 12.8. The third-order valence-electron chi connectivity index (χ3n) is 3.91. The van der Waals surface area contributed by atoms with Gasteiger partial charge in [0.25, 0.3) is 5.69 Å². The van der Waals surface area contributed by atoms with Crippen molar-refractivity contribution in [1.29, 1.82) is 0 Å². The number of hydrogen-bond donors (Lipinski definition) is 1. The highest BCUT2D eigenvalue weighted by atomic mass is 35.5. The van der Waals surface area contributed by atoms with Crippen LogP contribution in [-0.4, -0.2) is 43.9 Å². The molecule has 0 radical (unpaired) electrons. The van der Waals surface area contributed by atoms with E-state index in [-0.39, 0.29) is 41.6 Å². The van der Waals surface area contributed by atoms with Gasteiger partial charge in [0.2, 0.25) is 10.0 Å². The Labute approximate surface area is 141 Å². The molecule has 1 heterocycles. The van der Waals surface area contributed by atoms with E-state index in [0.717, 1.165) is 6.07 Å². The van der Waals surface area contributed by atoms with Gasteiger partial charge in [0.1, 0.15) is 5.75 Å². The third kappa shape index (κ3) is 3.92. The van der Waals surface area contributed by atoms with E-state index < -0.39 is 20.6 Å². The molecule has 0 aliphatic carbocycles. The number of nitrogens with two attached hydrogens (primary N) is 1. The lowest BCUT2D eigenvalue weighted by atomic mass is 10.0. The molecule has 10 heteroatoms. The lowest BCUT2D eigenvalue weighted by Crippen LogP contribution is -2.33. The first kappa shape index (κ1) is 19.6. The standard InChI is InChI=1S/C13H19N3O5S.ClH/c1-9(14)10-5-6-15(8-10)22(19,20)13-4-3-11(21-2)7-12(13)16(17)18;/h3-4,7,9-10H,5-6,8,14H2,1-2H3;1H. The van der Waals surface area contributed by atoms with Crippen molar-refractivity contribution in [1.82, 2.24) is 4.31 Å². The molecule has 1 aliphatic rings. The number of halogens is 1. The van der Waals surface area contributed by atoms with Crippen LogP contribution in [0, 0.1) is 16.0 Å². The SMILES string of the molecule is COc1ccc(S(=O)(=O)N2CCC(C(C)N)C2)c([N+](=O)[O-])c1.Cl. The van der Waals surface area contributed by atoms with Crippen LogP contribution in [0.15, 0.2) is 23.1 Å². The van der Waals surface area contributed by atoms with Crippen LogP contribution in [0.2, 0.25) is 0 Å². The molecule has 1 aromatic rings. The van der Waals surface area contributed by atoms with E-state index in [0.29, 0.717) is 13.0 Å². The lowest BCUT2D eigenvalue weighted by Gasteiger charge is -2.18. The fourth-order valence-electron chi connectivity index (χ4n) is 2.53. The number of nitrogens with zero attached hydrogens (tertiary/aromatic N) is 2. The minimum atomic E-state index is -3.93. The lowest BCUT2D eigenvalue weighted by molar-refractivity contribution is -0.387. The van der Waals surface area contributed by atoms with Crippen LogP contribution >= 0.6 is 12.4 Å². The number of sulfonamides is 1. The molecule has 0 saturated carbocycles. The van der Waals surface area contributed by atoms with Crippen LogP contribution < -0.4 is 10.5 Å². The van der Waals surface area contributed by atoms with Crippen LogP contribution in [0.1, 0.15) is 13.3 Å². The van der Waals surface area contributed by atoms with Gasteiger partial charge in [0.05, 0.1) is 18.1 Å². The van der Waals surface area contributed by atoms with Crippen molar-refractivity contribution in [3.8, 4) is 5.75 Å². The summed E-state index contributed by atoms with van der Waals surface area (Å²) in [5, 5.41) is 11.2. The molecule has 1 saturated heterocycles. The Morgan fingerprint density at radius 1 is 1.48 bits per heavy atom. The van der Waals surface area contributed by atoms with E-state index >= 15 is 0 Å². The number of benzene rings is 1. The van der Waals surface area contributed by atoms with Crippen LogP contribution in [0.25, 0.3) is 0 Å². The Hall–Kier alpha value is -1.42. The summed E-state index contributed by atoms with van der Waals surface area (Å²) in [6.07, 6.45) is 0.654. The van der Waals surface area contributed by atoms with Gasteiger partial charge in [0, 0.05) is 19.1 Å². The van der Waals surface area contributed by atoms with Gasteiger partial charge in [-0.1, -0.05) is 0 Å². The van der Waals surface area contributed by atoms with Gasteiger partial charge in [-0.25, -0.2) is 8.42 Å². The summed E-state index contributed by atoms with van der Waals surface area (Å²) in [4.78, 5) is 10.1. The summed E-state index contributed by atoms with van der Waals surface area (Å²) in [5.41, 5.74) is 5.33. The Morgan fingerprint density at radius 2 is 2.13 bits per heavy atom. The maximum Gasteiger partial charge on any atom is 0.293 e. The Bertz CT molecular complexity index is 680. The van der Waals surface area contributed by atoms with Crippen LogP contribution in [0.3, 0.4) is 0 Å². The largest absolute Gasteiger partial charge is 0.497 e. The van der Waals surface area contributed by atoms with Crippen molar-refractivity contribution in [3.05, 3.63) is 28.3 Å². The molecule has 2 rings (SSSR count). The second kappa shape index (κ2) is 7.43. The second-order valence-corrected chi connectivity index (χ2v) is 7.27. The summed E-state index contributed by atoms with van der Waals surface area (Å²) in [7, 11) is -2.56. The zero-order chi connectivity index (χ0) is 16.5. The van der Waals surface area contributed by atoms with Crippen molar-refractivity contribution in [2.75, 3.05) is 20.2 Å². The molecular weight excluding hydrogens is 346 g/mol. The highest BCUT2D eigenvalue weighted by Gasteiger charge is 2.37. The molecule has 23 heavy (non-hydrogen) atoms. The molecule has 130 valence electrons. The average molecular weight is 366 g/mol. The molecule has 8 nitrogen and oxygen atoms in total. The smallest absolute Gasteiger partial charge is 0.293 e. The van der Waals surface area contributed by atoms with Gasteiger partial charge in [-0.3, -0.25) is 10.1 Å². The van der Waals surface area contributed by atoms with Gasteiger partial charge >= 0.3 is 0 Å². The first-order chi connectivity index (χ1) is 10.3. The van der Waals surface area contributed by atoms with Crippen LogP contribution in [0.5, 0.6) is 5.75 Å². The molecule has 1 fully saturated rings. The highest BCUT2D eigenvalue weighted by Crippen LogP contribution is 2.33. The van der Waals surface area contributed by atoms with Crippen LogP contribution in [-0.2, 0) is 10.0 Å². The molecule has 1 aliphatic heterocycles. The predicted octanol–water partition coefficient (Wildman–Crippen LogP) is 1.38. The molecule has 0 bridgehead atoms. The van der Waals surface area contributed by atoms with E-state index in [2.05, 4.69) is 0 Å². The van der Waals surface area contributed by atoms with Crippen molar-refractivity contribution >= 4 is 28.1 Å². The summed E-state index contributed by atoms with van der Waals surface area (Å²) in [6, 6.07) is 3.61. The average Bonchev–Trinajstić information content (AvgIpc) is 2.97. The van der Waals surface area contributed by atoms with Crippen molar-refractivity contribution in [2.24, 2.45) is 11.7 Å². The van der Waals surface area contributed by atoms with E-state index in [1.165, 1.54) is 23.5 Å². The normalized spacial score (nSPS) is 19.9. The van der Waals surface area contributed by atoms with E-state index in [4.69, 9.17) is 10.5 Å². The number of rotatable bonds is 5. The van der Waals surface area contributed by atoms with Gasteiger partial charge in [-0.2, -0.15) is 4.31 Å². The summed E-state index contributed by atoms with van der Waals surface area (Å²) < 4.78 is 31.5. The van der Waals surface area contributed by atoms with Gasteiger partial charge in [0.15, 0.2) is 4.90 Å².